The smallest absolute Gasteiger partial charge is 0.302 e. The summed E-state index contributed by atoms with van der Waals surface area (Å²) in [6, 6.07) is 12.1. The number of aromatic hydroxyl groups is 1. The van der Waals surface area contributed by atoms with Crippen molar-refractivity contribution in [3.63, 3.8) is 0 Å². The zero-order valence-corrected chi connectivity index (χ0v) is 27.1. The molecule has 3 aromatic rings. The molecule has 0 radical (unpaired) electrons. The highest BCUT2D eigenvalue weighted by Gasteiger charge is 2.20. The lowest BCUT2D eigenvalue weighted by Crippen LogP contribution is -2.23. The topological polar surface area (TPSA) is 136 Å². The lowest BCUT2D eigenvalue weighted by Gasteiger charge is -2.21. The van der Waals surface area contributed by atoms with Crippen LogP contribution in [0.3, 0.4) is 0 Å². The first-order valence-electron chi connectivity index (χ1n) is 16.1. The molecule has 2 aromatic carbocycles. The number of dihydropyridines is 1. The van der Waals surface area contributed by atoms with E-state index in [0.29, 0.717) is 48.2 Å². The molecule has 1 aliphatic rings. The number of aromatic nitrogens is 1. The molecule has 246 valence electrons. The van der Waals surface area contributed by atoms with Gasteiger partial charge in [0.15, 0.2) is 11.5 Å². The Morgan fingerprint density at radius 1 is 1.02 bits per heavy atom. The lowest BCUT2D eigenvalue weighted by atomic mass is 9.89. The third-order valence-electron chi connectivity index (χ3n) is 8.36. The van der Waals surface area contributed by atoms with Crippen LogP contribution in [0, 0.1) is 5.92 Å². The lowest BCUT2D eigenvalue weighted by molar-refractivity contribution is -0.148. The summed E-state index contributed by atoms with van der Waals surface area (Å²) in [4.78, 5) is 28.2. The van der Waals surface area contributed by atoms with Crippen molar-refractivity contribution < 1.29 is 28.9 Å². The largest absolute Gasteiger partial charge is 0.508 e. The van der Waals surface area contributed by atoms with E-state index < -0.39 is 6.10 Å². The Hall–Kier alpha value is -4.66. The zero-order chi connectivity index (χ0) is 32.9. The second-order valence-corrected chi connectivity index (χ2v) is 11.9. The van der Waals surface area contributed by atoms with E-state index in [9.17, 15) is 14.7 Å². The molecule has 2 heterocycles. The summed E-state index contributed by atoms with van der Waals surface area (Å²) in [6.45, 7) is 4.35. The van der Waals surface area contributed by atoms with Crippen LogP contribution in [0.2, 0.25) is 0 Å². The summed E-state index contributed by atoms with van der Waals surface area (Å²) < 4.78 is 17.0. The molecule has 0 bridgehead atoms. The average Bonchev–Trinajstić information content (AvgIpc) is 3.48. The van der Waals surface area contributed by atoms with E-state index in [1.807, 2.05) is 18.2 Å². The molecular weight excluding hydrogens is 582 g/mol. The summed E-state index contributed by atoms with van der Waals surface area (Å²) in [6.07, 6.45) is 14.3. The molecule has 1 aromatic heterocycles. The van der Waals surface area contributed by atoms with E-state index in [2.05, 4.69) is 35.7 Å². The highest BCUT2D eigenvalue weighted by atomic mass is 16.5. The van der Waals surface area contributed by atoms with Crippen molar-refractivity contribution in [2.24, 2.45) is 11.7 Å². The number of H-pyrrole nitrogens is 1. The summed E-state index contributed by atoms with van der Waals surface area (Å²) in [5, 5.41) is 12.8. The molecule has 9 heteroatoms. The number of hydrogen-bond acceptors (Lipinski definition) is 8. The standard InChI is InChI=1S/C37H47N3O6/c1-4-26(18-30-24-39-23-29(30)12-8-28-16-17-40-37(38)20-28)10-14-34(45-25(2)41)22-32(43)13-9-27-11-15-35(36(19-27)44-3)46-33-7-5-6-31(42)21-33/h5-7,11,15-16,19-21,23-24,26,34,39-40,42H,4,8-10,12-14,17-18,22,38H2,1-3H3/t26-,34-/m1/s1. The third-order valence-corrected chi connectivity index (χ3v) is 8.36. The molecule has 0 spiro atoms. The molecule has 2 atom stereocenters. The third kappa shape index (κ3) is 10.8. The van der Waals surface area contributed by atoms with Gasteiger partial charge in [0.2, 0.25) is 0 Å². The van der Waals surface area contributed by atoms with Gasteiger partial charge in [-0.3, -0.25) is 9.59 Å². The van der Waals surface area contributed by atoms with Gasteiger partial charge in [-0.2, -0.15) is 0 Å². The van der Waals surface area contributed by atoms with Crippen molar-refractivity contribution in [3.05, 3.63) is 95.1 Å². The number of nitrogens with one attached hydrogen (secondary N) is 2. The number of methoxy groups -OCH3 is 1. The van der Waals surface area contributed by atoms with Gasteiger partial charge in [-0.25, -0.2) is 0 Å². The van der Waals surface area contributed by atoms with Crippen LogP contribution >= 0.6 is 0 Å². The van der Waals surface area contributed by atoms with Gasteiger partial charge in [0.1, 0.15) is 23.4 Å². The Bertz CT molecular complexity index is 1520. The van der Waals surface area contributed by atoms with E-state index in [0.717, 1.165) is 44.2 Å². The Morgan fingerprint density at radius 2 is 1.85 bits per heavy atom. The first kappa shape index (κ1) is 34.2. The molecule has 4 rings (SSSR count). The van der Waals surface area contributed by atoms with Crippen molar-refractivity contribution in [1.29, 1.82) is 0 Å². The quantitative estimate of drug-likeness (QED) is 0.115. The molecule has 0 saturated carbocycles. The number of Topliss-reactive ketones (excluding diaryl/α,β-unsaturated/α-hetero) is 1. The number of aromatic amines is 1. The fraction of sp³-hybridized carbons (Fsp3) is 0.405. The van der Waals surface area contributed by atoms with Crippen LogP contribution in [0.4, 0.5) is 0 Å². The van der Waals surface area contributed by atoms with Crippen LogP contribution in [0.15, 0.2) is 78.4 Å². The van der Waals surface area contributed by atoms with Gasteiger partial charge >= 0.3 is 5.97 Å². The van der Waals surface area contributed by atoms with Gasteiger partial charge in [-0.1, -0.05) is 31.6 Å². The van der Waals surface area contributed by atoms with Crippen LogP contribution in [0.1, 0.15) is 69.1 Å². The highest BCUT2D eigenvalue weighted by molar-refractivity contribution is 5.79. The number of allylic oxidation sites excluding steroid dienone is 2. The van der Waals surface area contributed by atoms with Crippen molar-refractivity contribution >= 4 is 11.8 Å². The number of hydrogen-bond donors (Lipinski definition) is 4. The predicted octanol–water partition coefficient (Wildman–Crippen LogP) is 6.66. The number of aryl methyl sites for hydroxylation is 2. The maximum Gasteiger partial charge on any atom is 0.302 e. The minimum Gasteiger partial charge on any atom is -0.508 e. The molecular formula is C37H47N3O6. The van der Waals surface area contributed by atoms with Crippen LogP contribution in [-0.2, 0) is 33.6 Å². The Kier molecular flexibility index (Phi) is 12.8. The fourth-order valence-electron chi connectivity index (χ4n) is 5.80. The van der Waals surface area contributed by atoms with E-state index >= 15 is 0 Å². The average molecular weight is 630 g/mol. The van der Waals surface area contributed by atoms with Gasteiger partial charge in [0, 0.05) is 44.8 Å². The van der Waals surface area contributed by atoms with Crippen molar-refractivity contribution in [2.75, 3.05) is 13.7 Å². The molecule has 46 heavy (non-hydrogen) atoms. The maximum absolute atomic E-state index is 13.0. The summed E-state index contributed by atoms with van der Waals surface area (Å²) in [5.41, 5.74) is 10.7. The number of phenolic OH excluding ortho intramolecular Hbond substituents is 1. The van der Waals surface area contributed by atoms with Gasteiger partial charge in [-0.05, 0) is 97.0 Å². The Balaban J connectivity index is 1.28. The Morgan fingerprint density at radius 3 is 2.59 bits per heavy atom. The minimum absolute atomic E-state index is 0.0492. The second kappa shape index (κ2) is 17.1. The SMILES string of the molecule is CC[C@H](CC[C@H](CC(=O)CCc1ccc(Oc2cccc(O)c2)c(OC)c1)OC(C)=O)Cc1c[nH]cc1CCC1=CCNC(N)=C1. The van der Waals surface area contributed by atoms with E-state index in [4.69, 9.17) is 19.9 Å². The number of carbonyl (C=O) groups excluding carboxylic acids is 2. The first-order chi connectivity index (χ1) is 22.2. The molecule has 0 fully saturated rings. The number of rotatable bonds is 18. The zero-order valence-electron chi connectivity index (χ0n) is 27.1. The van der Waals surface area contributed by atoms with Crippen LogP contribution < -0.4 is 20.5 Å². The molecule has 0 amide bonds. The molecule has 1 aliphatic heterocycles. The number of carbonyl (C=O) groups is 2. The van der Waals surface area contributed by atoms with E-state index in [-0.39, 0.29) is 23.9 Å². The van der Waals surface area contributed by atoms with Gasteiger partial charge in [0.25, 0.3) is 0 Å². The van der Waals surface area contributed by atoms with Gasteiger partial charge in [0.05, 0.1) is 12.9 Å². The monoisotopic (exact) mass is 629 g/mol. The molecule has 0 saturated heterocycles. The maximum atomic E-state index is 13.0. The Labute approximate surface area is 271 Å². The van der Waals surface area contributed by atoms with Crippen LogP contribution in [0.5, 0.6) is 23.0 Å². The summed E-state index contributed by atoms with van der Waals surface area (Å²) in [7, 11) is 1.56. The predicted molar refractivity (Wildman–Crippen MR) is 179 cm³/mol. The molecule has 0 unspecified atom stereocenters. The van der Waals surface area contributed by atoms with Crippen molar-refractivity contribution in [1.82, 2.24) is 10.3 Å². The summed E-state index contributed by atoms with van der Waals surface area (Å²) >= 11 is 0. The molecule has 5 N–H and O–H groups in total. The number of benzene rings is 2. The van der Waals surface area contributed by atoms with E-state index in [1.165, 1.54) is 29.7 Å². The number of phenols is 1. The van der Waals surface area contributed by atoms with Crippen LogP contribution in [0.25, 0.3) is 0 Å². The van der Waals surface area contributed by atoms with Crippen LogP contribution in [-0.4, -0.2) is 41.6 Å². The summed E-state index contributed by atoms with van der Waals surface area (Å²) in [5.74, 6) is 2.45. The normalized spacial score (nSPS) is 14.0. The number of esters is 1. The van der Waals surface area contributed by atoms with Crippen molar-refractivity contribution in [3.8, 4) is 23.0 Å². The minimum atomic E-state index is -0.443. The molecule has 0 aliphatic carbocycles. The second-order valence-electron chi connectivity index (χ2n) is 11.9. The van der Waals surface area contributed by atoms with Crippen molar-refractivity contribution in [2.45, 2.75) is 77.7 Å². The fourth-order valence-corrected chi connectivity index (χ4v) is 5.80. The number of ether oxygens (including phenoxy) is 3. The van der Waals surface area contributed by atoms with Gasteiger partial charge in [-0.15, -0.1) is 0 Å². The van der Waals surface area contributed by atoms with Gasteiger partial charge < -0.3 is 35.4 Å². The first-order valence-corrected chi connectivity index (χ1v) is 16.1. The highest BCUT2D eigenvalue weighted by Crippen LogP contribution is 2.34. The number of ketones is 1. The van der Waals surface area contributed by atoms with E-state index in [1.54, 1.807) is 31.4 Å². The number of nitrogens with two attached hydrogens (primary N) is 1. The molecule has 9 nitrogen and oxygen atoms in total.